The van der Waals surface area contributed by atoms with Gasteiger partial charge in [-0.3, -0.25) is 4.79 Å². The Labute approximate surface area is 126 Å². The summed E-state index contributed by atoms with van der Waals surface area (Å²) in [6, 6.07) is 8.93. The van der Waals surface area contributed by atoms with E-state index in [2.05, 4.69) is 0 Å². The molecule has 1 fully saturated rings. The van der Waals surface area contributed by atoms with Crippen molar-refractivity contribution in [1.82, 2.24) is 4.57 Å². The number of aliphatic hydroxyl groups excluding tert-OH is 1. The first-order valence-corrected chi connectivity index (χ1v) is 7.18. The first-order valence-electron chi connectivity index (χ1n) is 6.42. The summed E-state index contributed by atoms with van der Waals surface area (Å²) in [4.78, 5) is 12.4. The van der Waals surface area contributed by atoms with E-state index in [0.717, 1.165) is 24.1 Å². The van der Waals surface area contributed by atoms with E-state index in [4.69, 9.17) is 23.2 Å². The number of pyridine rings is 1. The molecule has 20 heavy (non-hydrogen) atoms. The highest BCUT2D eigenvalue weighted by atomic mass is 35.5. The molecule has 1 aromatic carbocycles. The van der Waals surface area contributed by atoms with Crippen molar-refractivity contribution >= 4 is 23.2 Å². The molecule has 1 aliphatic rings. The Kier molecular flexibility index (Phi) is 3.59. The van der Waals surface area contributed by atoms with Gasteiger partial charge in [0, 0.05) is 22.2 Å². The molecule has 5 heteroatoms. The molecule has 0 unspecified atom stereocenters. The lowest BCUT2D eigenvalue weighted by Crippen LogP contribution is -2.24. The second-order valence-electron chi connectivity index (χ2n) is 4.93. The molecule has 0 amide bonds. The van der Waals surface area contributed by atoms with Crippen molar-refractivity contribution < 1.29 is 5.11 Å². The highest BCUT2D eigenvalue weighted by Gasteiger charge is 2.28. The predicted octanol–water partition coefficient (Wildman–Crippen LogP) is 3.65. The molecule has 3 rings (SSSR count). The molecule has 0 aliphatic heterocycles. The molecule has 1 heterocycles. The number of nitrogens with zero attached hydrogens (tertiary/aromatic N) is 1. The Bertz CT molecular complexity index is 720. The van der Waals surface area contributed by atoms with Crippen LogP contribution < -0.4 is 5.56 Å². The molecule has 0 saturated heterocycles. The Morgan fingerprint density at radius 1 is 1.20 bits per heavy atom. The Morgan fingerprint density at radius 2 is 1.95 bits per heavy atom. The van der Waals surface area contributed by atoms with Crippen molar-refractivity contribution in [3.05, 3.63) is 56.3 Å². The summed E-state index contributed by atoms with van der Waals surface area (Å²) in [6.45, 7) is -0.250. The summed E-state index contributed by atoms with van der Waals surface area (Å²) in [5, 5.41) is 10.3. The molecule has 0 radical (unpaired) electrons. The normalized spacial score (nSPS) is 14.6. The van der Waals surface area contributed by atoms with E-state index in [1.807, 2.05) is 12.1 Å². The highest BCUT2D eigenvalue weighted by Crippen LogP contribution is 2.39. The zero-order valence-corrected chi connectivity index (χ0v) is 12.2. The molecule has 2 aromatic rings. The highest BCUT2D eigenvalue weighted by molar-refractivity contribution is 6.36. The minimum atomic E-state index is -0.250. The fourth-order valence-electron chi connectivity index (χ4n) is 2.33. The van der Waals surface area contributed by atoms with Gasteiger partial charge in [0.25, 0.3) is 5.56 Å². The number of halogens is 2. The zero-order valence-electron chi connectivity index (χ0n) is 10.6. The van der Waals surface area contributed by atoms with Crippen LogP contribution in [0.2, 0.25) is 10.0 Å². The maximum absolute atomic E-state index is 12.4. The Hall–Kier alpha value is -1.29. The lowest BCUT2D eigenvalue weighted by atomic mass is 10.1. The van der Waals surface area contributed by atoms with Crippen LogP contribution in [-0.4, -0.2) is 9.67 Å². The topological polar surface area (TPSA) is 42.2 Å². The average molecular weight is 310 g/mol. The van der Waals surface area contributed by atoms with Crippen LogP contribution in [0.1, 0.15) is 24.4 Å². The summed E-state index contributed by atoms with van der Waals surface area (Å²) in [7, 11) is 0. The molecule has 0 spiro atoms. The fraction of sp³-hybridized carbons (Fsp3) is 0.267. The van der Waals surface area contributed by atoms with Crippen molar-refractivity contribution in [1.29, 1.82) is 0 Å². The minimum absolute atomic E-state index is 0.140. The van der Waals surface area contributed by atoms with Crippen molar-refractivity contribution in [2.45, 2.75) is 25.5 Å². The number of hydrogen-bond acceptors (Lipinski definition) is 2. The van der Waals surface area contributed by atoms with Crippen LogP contribution >= 0.6 is 23.2 Å². The van der Waals surface area contributed by atoms with E-state index < -0.39 is 0 Å². The minimum Gasteiger partial charge on any atom is -0.391 e. The van der Waals surface area contributed by atoms with Crippen LogP contribution in [0.15, 0.2) is 35.1 Å². The second kappa shape index (κ2) is 5.24. The maximum atomic E-state index is 12.4. The summed E-state index contributed by atoms with van der Waals surface area (Å²) < 4.78 is 1.74. The number of hydrogen-bond donors (Lipinski definition) is 1. The van der Waals surface area contributed by atoms with E-state index in [0.29, 0.717) is 15.6 Å². The molecule has 3 nitrogen and oxygen atoms in total. The fourth-order valence-corrected chi connectivity index (χ4v) is 2.83. The zero-order chi connectivity index (χ0) is 14.3. The summed E-state index contributed by atoms with van der Waals surface area (Å²) in [5.41, 5.74) is 1.82. The van der Waals surface area contributed by atoms with Gasteiger partial charge in [0.1, 0.15) is 0 Å². The van der Waals surface area contributed by atoms with Crippen molar-refractivity contribution in [3.8, 4) is 11.3 Å². The van der Waals surface area contributed by atoms with Crippen LogP contribution in [-0.2, 0) is 6.61 Å². The Balaban J connectivity index is 2.23. The third-order valence-electron chi connectivity index (χ3n) is 3.48. The number of rotatable bonds is 3. The van der Waals surface area contributed by atoms with Crippen LogP contribution in [0, 0.1) is 0 Å². The molecule has 0 bridgehead atoms. The third-order valence-corrected chi connectivity index (χ3v) is 4.03. The van der Waals surface area contributed by atoms with Gasteiger partial charge in [-0.15, -0.1) is 0 Å². The van der Waals surface area contributed by atoms with Crippen LogP contribution in [0.25, 0.3) is 11.3 Å². The molecule has 1 aliphatic carbocycles. The van der Waals surface area contributed by atoms with Gasteiger partial charge in [-0.05, 0) is 43.2 Å². The van der Waals surface area contributed by atoms with E-state index in [1.54, 1.807) is 22.8 Å². The first-order chi connectivity index (χ1) is 9.61. The third kappa shape index (κ3) is 2.37. The van der Waals surface area contributed by atoms with Crippen molar-refractivity contribution in [2.75, 3.05) is 0 Å². The lowest BCUT2D eigenvalue weighted by molar-refractivity contribution is 0.279. The average Bonchev–Trinajstić information content (AvgIpc) is 3.23. The van der Waals surface area contributed by atoms with Crippen LogP contribution in [0.4, 0.5) is 0 Å². The van der Waals surface area contributed by atoms with Gasteiger partial charge >= 0.3 is 0 Å². The van der Waals surface area contributed by atoms with Crippen molar-refractivity contribution in [2.24, 2.45) is 0 Å². The molecular weight excluding hydrogens is 297 g/mol. The van der Waals surface area contributed by atoms with E-state index in [-0.39, 0.29) is 18.2 Å². The van der Waals surface area contributed by atoms with E-state index in [9.17, 15) is 9.90 Å². The van der Waals surface area contributed by atoms with Crippen LogP contribution in [0.5, 0.6) is 0 Å². The predicted molar refractivity (Wildman–Crippen MR) is 80.4 cm³/mol. The lowest BCUT2D eigenvalue weighted by Gasteiger charge is -2.15. The largest absolute Gasteiger partial charge is 0.391 e. The summed E-state index contributed by atoms with van der Waals surface area (Å²) in [6.07, 6.45) is 1.96. The molecule has 104 valence electrons. The van der Waals surface area contributed by atoms with Crippen molar-refractivity contribution in [3.63, 3.8) is 0 Å². The SMILES string of the molecule is O=c1c(CO)ccc(-c2ccc(Cl)cc2Cl)n1C1CC1. The maximum Gasteiger partial charge on any atom is 0.256 e. The standard InChI is InChI=1S/C15H13Cl2NO2/c16-10-2-5-12(13(17)7-10)14-6-1-9(8-19)15(20)18(14)11-3-4-11/h1-2,5-7,11,19H,3-4,8H2. The van der Waals surface area contributed by atoms with Gasteiger partial charge in [-0.2, -0.15) is 0 Å². The first kappa shape index (κ1) is 13.7. The molecule has 0 atom stereocenters. The molecule has 1 aromatic heterocycles. The number of aromatic nitrogens is 1. The van der Waals surface area contributed by atoms with Gasteiger partial charge in [-0.1, -0.05) is 23.2 Å². The summed E-state index contributed by atoms with van der Waals surface area (Å²) in [5.74, 6) is 0. The number of aliphatic hydroxyl groups is 1. The molecular formula is C15H13Cl2NO2. The monoisotopic (exact) mass is 309 g/mol. The smallest absolute Gasteiger partial charge is 0.256 e. The van der Waals surface area contributed by atoms with E-state index in [1.165, 1.54) is 0 Å². The van der Waals surface area contributed by atoms with Gasteiger partial charge in [-0.25, -0.2) is 0 Å². The second-order valence-corrected chi connectivity index (χ2v) is 5.78. The number of benzene rings is 1. The molecule has 1 N–H and O–H groups in total. The Morgan fingerprint density at radius 3 is 2.55 bits per heavy atom. The van der Waals surface area contributed by atoms with E-state index >= 15 is 0 Å². The quantitative estimate of drug-likeness (QED) is 0.940. The van der Waals surface area contributed by atoms with Gasteiger partial charge in [0.2, 0.25) is 0 Å². The van der Waals surface area contributed by atoms with Crippen LogP contribution in [0.3, 0.4) is 0 Å². The summed E-state index contributed by atoms with van der Waals surface area (Å²) >= 11 is 12.1. The van der Waals surface area contributed by atoms with Gasteiger partial charge in [0.15, 0.2) is 0 Å². The molecule has 1 saturated carbocycles. The van der Waals surface area contributed by atoms with Gasteiger partial charge in [0.05, 0.1) is 17.3 Å². The van der Waals surface area contributed by atoms with Gasteiger partial charge < -0.3 is 9.67 Å².